The summed E-state index contributed by atoms with van der Waals surface area (Å²) in [5.74, 6) is -0.240. The molecule has 3 rings (SSSR count). The summed E-state index contributed by atoms with van der Waals surface area (Å²) >= 11 is 7.29. The summed E-state index contributed by atoms with van der Waals surface area (Å²) in [5.41, 5.74) is 8.07. The van der Waals surface area contributed by atoms with Crippen molar-refractivity contribution in [3.8, 4) is 0 Å². The average molecular weight is 318 g/mol. The van der Waals surface area contributed by atoms with Gasteiger partial charge in [-0.15, -0.1) is 11.3 Å². The molecule has 2 aromatic heterocycles. The Morgan fingerprint density at radius 1 is 1.33 bits per heavy atom. The van der Waals surface area contributed by atoms with E-state index in [-0.39, 0.29) is 5.91 Å². The zero-order valence-electron chi connectivity index (χ0n) is 11.2. The van der Waals surface area contributed by atoms with Crippen LogP contribution < -0.4 is 11.1 Å². The van der Waals surface area contributed by atoms with Crippen LogP contribution in [0.25, 0.3) is 10.1 Å². The number of rotatable bonds is 2. The molecule has 0 bridgehead atoms. The van der Waals surface area contributed by atoms with Gasteiger partial charge in [0, 0.05) is 20.8 Å². The van der Waals surface area contributed by atoms with E-state index < -0.39 is 0 Å². The smallest absolute Gasteiger partial charge is 0.267 e. The highest BCUT2D eigenvalue weighted by molar-refractivity contribution is 7.21. The van der Waals surface area contributed by atoms with Gasteiger partial charge in [-0.05, 0) is 37.3 Å². The van der Waals surface area contributed by atoms with Crippen LogP contribution >= 0.6 is 22.9 Å². The minimum Gasteiger partial charge on any atom is -0.397 e. The fourth-order valence-electron chi connectivity index (χ4n) is 1.99. The van der Waals surface area contributed by atoms with Crippen molar-refractivity contribution in [2.75, 3.05) is 11.1 Å². The lowest BCUT2D eigenvalue weighted by Gasteiger charge is -2.04. The predicted molar refractivity (Wildman–Crippen MR) is 88.2 cm³/mol. The van der Waals surface area contributed by atoms with Gasteiger partial charge in [0.05, 0.1) is 17.6 Å². The molecule has 106 valence electrons. The van der Waals surface area contributed by atoms with E-state index in [1.165, 1.54) is 11.3 Å². The first-order chi connectivity index (χ1) is 10.0. The molecule has 0 aliphatic heterocycles. The lowest BCUT2D eigenvalue weighted by atomic mass is 10.2. The van der Waals surface area contributed by atoms with Gasteiger partial charge in [0.1, 0.15) is 4.88 Å². The first-order valence-corrected chi connectivity index (χ1v) is 7.45. The van der Waals surface area contributed by atoms with Gasteiger partial charge in [0.25, 0.3) is 5.91 Å². The van der Waals surface area contributed by atoms with E-state index in [1.54, 1.807) is 18.3 Å². The molecule has 6 heteroatoms. The van der Waals surface area contributed by atoms with Crippen LogP contribution in [0.3, 0.4) is 0 Å². The molecule has 0 saturated heterocycles. The van der Waals surface area contributed by atoms with Crippen molar-refractivity contribution in [3.63, 3.8) is 0 Å². The van der Waals surface area contributed by atoms with Crippen LogP contribution in [-0.2, 0) is 0 Å². The molecular weight excluding hydrogens is 306 g/mol. The molecular formula is C15H12ClN3OS. The van der Waals surface area contributed by atoms with E-state index in [0.29, 0.717) is 21.3 Å². The molecule has 0 spiro atoms. The van der Waals surface area contributed by atoms with E-state index in [1.807, 2.05) is 25.1 Å². The summed E-state index contributed by atoms with van der Waals surface area (Å²) in [5, 5.41) is 4.27. The number of fused-ring (bicyclic) bond motifs is 1. The van der Waals surface area contributed by atoms with Crippen molar-refractivity contribution in [3.05, 3.63) is 52.1 Å². The fraction of sp³-hybridized carbons (Fsp3) is 0.0667. The number of aromatic nitrogens is 1. The quantitative estimate of drug-likeness (QED) is 0.748. The van der Waals surface area contributed by atoms with Gasteiger partial charge in [-0.3, -0.25) is 9.78 Å². The molecule has 21 heavy (non-hydrogen) atoms. The number of nitrogens with one attached hydrogen (secondary N) is 1. The minimum atomic E-state index is -0.240. The maximum Gasteiger partial charge on any atom is 0.267 e. The largest absolute Gasteiger partial charge is 0.397 e. The molecule has 1 aromatic carbocycles. The van der Waals surface area contributed by atoms with Crippen LogP contribution in [-0.4, -0.2) is 10.9 Å². The number of thiophene rings is 1. The predicted octanol–water partition coefficient (Wildman–Crippen LogP) is 4.09. The molecule has 0 aliphatic carbocycles. The van der Waals surface area contributed by atoms with Crippen LogP contribution in [0.15, 0.2) is 36.5 Å². The Balaban J connectivity index is 1.94. The first-order valence-electron chi connectivity index (χ1n) is 6.26. The Labute approximate surface area is 130 Å². The number of carbonyl (C=O) groups is 1. The van der Waals surface area contributed by atoms with E-state index in [0.717, 1.165) is 15.8 Å². The Kier molecular flexibility index (Phi) is 3.53. The van der Waals surface area contributed by atoms with E-state index in [9.17, 15) is 4.79 Å². The Morgan fingerprint density at radius 3 is 2.86 bits per heavy atom. The summed E-state index contributed by atoms with van der Waals surface area (Å²) < 4.78 is 0.896. The highest BCUT2D eigenvalue weighted by Gasteiger charge is 2.16. The van der Waals surface area contributed by atoms with Gasteiger partial charge in [0.15, 0.2) is 0 Å². The molecule has 0 atom stereocenters. The number of benzene rings is 1. The van der Waals surface area contributed by atoms with Crippen molar-refractivity contribution >= 4 is 50.3 Å². The van der Waals surface area contributed by atoms with Crippen LogP contribution in [0.5, 0.6) is 0 Å². The highest BCUT2D eigenvalue weighted by Crippen LogP contribution is 2.35. The molecule has 0 aliphatic rings. The minimum absolute atomic E-state index is 0.240. The van der Waals surface area contributed by atoms with E-state index >= 15 is 0 Å². The number of hydrogen-bond acceptors (Lipinski definition) is 4. The number of carbonyl (C=O) groups excluding carboxylic acids is 1. The monoisotopic (exact) mass is 317 g/mol. The second kappa shape index (κ2) is 5.35. The molecule has 4 nitrogen and oxygen atoms in total. The summed E-state index contributed by atoms with van der Waals surface area (Å²) in [4.78, 5) is 17.0. The van der Waals surface area contributed by atoms with Crippen molar-refractivity contribution < 1.29 is 4.79 Å². The maximum atomic E-state index is 12.3. The third kappa shape index (κ3) is 2.70. The number of nitrogens with two attached hydrogens (primary N) is 1. The Hall–Kier alpha value is -2.11. The number of amides is 1. The lowest BCUT2D eigenvalue weighted by molar-refractivity contribution is 0.103. The number of nitrogens with zero attached hydrogens (tertiary/aromatic N) is 1. The normalized spacial score (nSPS) is 10.8. The lowest BCUT2D eigenvalue weighted by Crippen LogP contribution is -2.12. The maximum absolute atomic E-state index is 12.3. The first kappa shape index (κ1) is 13.9. The fourth-order valence-corrected chi connectivity index (χ4v) is 3.28. The van der Waals surface area contributed by atoms with Crippen molar-refractivity contribution in [1.82, 2.24) is 4.98 Å². The number of hydrogen-bond donors (Lipinski definition) is 2. The summed E-state index contributed by atoms with van der Waals surface area (Å²) in [6.45, 7) is 1.89. The van der Waals surface area contributed by atoms with Crippen molar-refractivity contribution in [2.24, 2.45) is 0 Å². The summed E-state index contributed by atoms with van der Waals surface area (Å²) in [7, 11) is 0. The third-order valence-corrected chi connectivity index (χ3v) is 4.47. The molecule has 3 N–H and O–H groups in total. The van der Waals surface area contributed by atoms with Gasteiger partial charge in [-0.25, -0.2) is 0 Å². The number of halogens is 1. The molecule has 1 amide bonds. The zero-order valence-corrected chi connectivity index (χ0v) is 12.8. The van der Waals surface area contributed by atoms with Crippen LogP contribution in [0.4, 0.5) is 11.4 Å². The summed E-state index contributed by atoms with van der Waals surface area (Å²) in [6.07, 6.45) is 1.62. The number of pyridine rings is 1. The highest BCUT2D eigenvalue weighted by atomic mass is 35.5. The van der Waals surface area contributed by atoms with Gasteiger partial charge in [-0.2, -0.15) is 0 Å². The zero-order chi connectivity index (χ0) is 15.0. The third-order valence-electron chi connectivity index (χ3n) is 3.07. The van der Waals surface area contributed by atoms with Crippen molar-refractivity contribution in [1.29, 1.82) is 0 Å². The Bertz CT molecular complexity index is 827. The summed E-state index contributed by atoms with van der Waals surface area (Å²) in [6, 6.07) is 9.04. The molecule has 2 heterocycles. The van der Waals surface area contributed by atoms with Crippen molar-refractivity contribution in [2.45, 2.75) is 6.92 Å². The van der Waals surface area contributed by atoms with Gasteiger partial charge < -0.3 is 11.1 Å². The topological polar surface area (TPSA) is 68.0 Å². The molecule has 0 unspecified atom stereocenters. The number of aryl methyl sites for hydroxylation is 1. The molecule has 0 fully saturated rings. The van der Waals surface area contributed by atoms with Gasteiger partial charge >= 0.3 is 0 Å². The van der Waals surface area contributed by atoms with Gasteiger partial charge in [0.2, 0.25) is 0 Å². The van der Waals surface area contributed by atoms with Crippen LogP contribution in [0.1, 0.15) is 15.4 Å². The molecule has 0 saturated carbocycles. The average Bonchev–Trinajstić information content (AvgIpc) is 2.78. The van der Waals surface area contributed by atoms with Crippen LogP contribution in [0.2, 0.25) is 5.02 Å². The second-order valence-electron chi connectivity index (χ2n) is 4.63. The SMILES string of the molecule is Cc1ccc(NC(=O)c2sc3cc(Cl)ccc3c2N)cn1. The van der Waals surface area contributed by atoms with Crippen LogP contribution in [0, 0.1) is 6.92 Å². The standard InChI is InChI=1S/C15H12ClN3OS/c1-8-2-4-10(7-18-8)19-15(20)14-13(17)11-5-3-9(16)6-12(11)21-14/h2-7H,17H2,1H3,(H,19,20). The molecule has 3 aromatic rings. The Morgan fingerprint density at radius 2 is 2.14 bits per heavy atom. The molecule has 0 radical (unpaired) electrons. The number of anilines is 2. The van der Waals surface area contributed by atoms with Gasteiger partial charge in [-0.1, -0.05) is 11.6 Å². The van der Waals surface area contributed by atoms with E-state index in [4.69, 9.17) is 17.3 Å². The second-order valence-corrected chi connectivity index (χ2v) is 6.12. The van der Waals surface area contributed by atoms with E-state index in [2.05, 4.69) is 10.3 Å². The number of nitrogen functional groups attached to an aromatic ring is 1.